The number of carbonyl (C=O) groups is 2. The highest BCUT2D eigenvalue weighted by atomic mass is 35.5. The van der Waals surface area contributed by atoms with Crippen molar-refractivity contribution in [1.82, 2.24) is 19.3 Å². The molecule has 6 rings (SSSR count). The van der Waals surface area contributed by atoms with E-state index in [1.54, 1.807) is 39.0 Å². The number of rotatable bonds is 4. The van der Waals surface area contributed by atoms with Crippen LogP contribution >= 0.6 is 11.6 Å². The van der Waals surface area contributed by atoms with Crippen molar-refractivity contribution >= 4 is 45.5 Å². The SMILES string of the molecule is CC(C)(C)OC(=O)n1ncc2cc(Cn3c(C(=O)O)c(-c4ccc[nH]c4=O)c4c5c(c(F)cc43)CCO5)c(Cl)cc21. The van der Waals surface area contributed by atoms with E-state index in [9.17, 15) is 19.5 Å². The number of carboxylic acid groups (broad SMARTS) is 1. The summed E-state index contributed by atoms with van der Waals surface area (Å²) in [7, 11) is 0. The Kier molecular flexibility index (Phi) is 6.14. The fourth-order valence-corrected chi connectivity index (χ4v) is 5.45. The van der Waals surface area contributed by atoms with Crippen LogP contribution < -0.4 is 10.3 Å². The fourth-order valence-electron chi connectivity index (χ4n) is 5.24. The molecule has 0 bridgehead atoms. The fraction of sp³-hybridized carbons (Fsp3) is 0.241. The average Bonchev–Trinajstić information content (AvgIpc) is 3.60. The average molecular weight is 579 g/mol. The second-order valence-corrected chi connectivity index (χ2v) is 11.1. The molecule has 0 unspecified atom stereocenters. The standard InChI is InChI=1S/C29H24ClFN4O6/c1-29(2,3)41-28(39)35-20-10-18(30)15(9-14(20)12-33-35)13-34-21-11-19(31)16-6-8-40-25(16)23(21)22(24(34)27(37)38)17-5-4-7-32-26(17)36/h4-5,7,9-12H,6,8,13H2,1-3H3,(H,32,36)(H,37,38). The maximum atomic E-state index is 15.3. The normalized spacial score (nSPS) is 13.0. The van der Waals surface area contributed by atoms with Crippen molar-refractivity contribution < 1.29 is 28.6 Å². The molecule has 0 spiro atoms. The number of hydrogen-bond acceptors (Lipinski definition) is 6. The van der Waals surface area contributed by atoms with Crippen LogP contribution in [0.2, 0.25) is 5.02 Å². The van der Waals surface area contributed by atoms with E-state index in [0.29, 0.717) is 33.8 Å². The summed E-state index contributed by atoms with van der Waals surface area (Å²) in [5.74, 6) is -1.63. The number of halogens is 2. The van der Waals surface area contributed by atoms with Crippen LogP contribution in [0, 0.1) is 5.82 Å². The molecule has 0 fully saturated rings. The van der Waals surface area contributed by atoms with Gasteiger partial charge in [-0.05, 0) is 56.7 Å². The third kappa shape index (κ3) is 4.42. The molecule has 0 atom stereocenters. The minimum absolute atomic E-state index is 0.0898. The van der Waals surface area contributed by atoms with E-state index >= 15 is 4.39 Å². The van der Waals surface area contributed by atoms with Crippen LogP contribution in [-0.2, 0) is 17.7 Å². The molecule has 2 N–H and O–H groups in total. The van der Waals surface area contributed by atoms with Crippen LogP contribution in [0.5, 0.6) is 5.75 Å². The van der Waals surface area contributed by atoms with E-state index in [2.05, 4.69) is 10.1 Å². The maximum Gasteiger partial charge on any atom is 0.435 e. The number of benzene rings is 2. The second kappa shape index (κ2) is 9.48. The number of nitrogens with one attached hydrogen (secondary N) is 1. The number of fused-ring (bicyclic) bond motifs is 4. The van der Waals surface area contributed by atoms with E-state index in [0.717, 1.165) is 4.68 Å². The zero-order valence-electron chi connectivity index (χ0n) is 22.2. The molecule has 0 saturated heterocycles. The summed E-state index contributed by atoms with van der Waals surface area (Å²) < 4.78 is 29.0. The Balaban J connectivity index is 1.57. The molecule has 0 aliphatic carbocycles. The highest BCUT2D eigenvalue weighted by Gasteiger charge is 2.32. The molecule has 1 aliphatic rings. The maximum absolute atomic E-state index is 15.3. The lowest BCUT2D eigenvalue weighted by Crippen LogP contribution is -2.27. The van der Waals surface area contributed by atoms with Gasteiger partial charge in [0.1, 0.15) is 22.9 Å². The van der Waals surface area contributed by atoms with E-state index in [-0.39, 0.29) is 46.3 Å². The Morgan fingerprint density at radius 1 is 1.24 bits per heavy atom. The Morgan fingerprint density at radius 2 is 2.02 bits per heavy atom. The first-order valence-corrected chi connectivity index (χ1v) is 13.1. The van der Waals surface area contributed by atoms with Gasteiger partial charge in [-0.25, -0.2) is 14.0 Å². The number of aromatic carboxylic acids is 1. The van der Waals surface area contributed by atoms with Crippen molar-refractivity contribution in [1.29, 1.82) is 0 Å². The third-order valence-corrected chi connectivity index (χ3v) is 7.23. The van der Waals surface area contributed by atoms with Gasteiger partial charge in [0.2, 0.25) is 0 Å². The first kappa shape index (κ1) is 26.6. The molecule has 3 aromatic heterocycles. The summed E-state index contributed by atoms with van der Waals surface area (Å²) in [6.07, 6.45) is 2.56. The second-order valence-electron chi connectivity index (χ2n) is 10.7. The number of carbonyl (C=O) groups excluding carboxylic acids is 1. The molecule has 1 aliphatic heterocycles. The van der Waals surface area contributed by atoms with Gasteiger partial charge < -0.3 is 24.1 Å². The lowest BCUT2D eigenvalue weighted by molar-refractivity contribution is 0.0522. The Hall–Kier alpha value is -4.64. The van der Waals surface area contributed by atoms with E-state index in [4.69, 9.17) is 21.1 Å². The van der Waals surface area contributed by atoms with E-state index in [1.165, 1.54) is 29.1 Å². The molecule has 41 heavy (non-hydrogen) atoms. The molecule has 0 amide bonds. The number of aromatic amines is 1. The minimum Gasteiger partial charge on any atom is -0.492 e. The van der Waals surface area contributed by atoms with Crippen molar-refractivity contribution in [3.8, 4) is 16.9 Å². The number of carboxylic acids is 1. The molecule has 0 saturated carbocycles. The van der Waals surface area contributed by atoms with Gasteiger partial charge in [0.15, 0.2) is 0 Å². The lowest BCUT2D eigenvalue weighted by Gasteiger charge is -2.19. The van der Waals surface area contributed by atoms with Crippen LogP contribution in [0.1, 0.15) is 42.4 Å². The Morgan fingerprint density at radius 3 is 2.73 bits per heavy atom. The van der Waals surface area contributed by atoms with Crippen LogP contribution in [0.25, 0.3) is 32.9 Å². The summed E-state index contributed by atoms with van der Waals surface area (Å²) in [5.41, 5.74) is 0.225. The summed E-state index contributed by atoms with van der Waals surface area (Å²) in [6.45, 7) is 5.36. The number of aromatic nitrogens is 4. The smallest absolute Gasteiger partial charge is 0.435 e. The molecule has 2 aromatic carbocycles. The quantitative estimate of drug-likeness (QED) is 0.284. The molecule has 12 heteroatoms. The number of ether oxygens (including phenoxy) is 2. The van der Waals surface area contributed by atoms with Crippen LogP contribution in [-0.4, -0.2) is 48.7 Å². The molecule has 210 valence electrons. The van der Waals surface area contributed by atoms with Gasteiger partial charge in [0, 0.05) is 40.7 Å². The summed E-state index contributed by atoms with van der Waals surface area (Å²) >= 11 is 6.67. The lowest BCUT2D eigenvalue weighted by atomic mass is 10.00. The molecule has 5 aromatic rings. The molecule has 0 radical (unpaired) electrons. The van der Waals surface area contributed by atoms with Gasteiger partial charge in [-0.1, -0.05) is 11.6 Å². The molecular weight excluding hydrogens is 555 g/mol. The number of hydrogen-bond donors (Lipinski definition) is 2. The highest BCUT2D eigenvalue weighted by Crippen LogP contribution is 2.45. The molecule has 10 nitrogen and oxygen atoms in total. The monoisotopic (exact) mass is 578 g/mol. The van der Waals surface area contributed by atoms with Crippen molar-refractivity contribution in [3.05, 3.63) is 80.7 Å². The number of H-pyrrole nitrogens is 1. The number of nitrogens with zero attached hydrogens (tertiary/aromatic N) is 3. The Bertz CT molecular complexity index is 1970. The van der Waals surface area contributed by atoms with Crippen LogP contribution in [0.15, 0.2) is 47.5 Å². The highest BCUT2D eigenvalue weighted by molar-refractivity contribution is 6.32. The minimum atomic E-state index is -1.32. The first-order valence-electron chi connectivity index (χ1n) is 12.8. The van der Waals surface area contributed by atoms with Gasteiger partial charge in [-0.3, -0.25) is 4.79 Å². The summed E-state index contributed by atoms with van der Waals surface area (Å²) in [5, 5.41) is 15.7. The van der Waals surface area contributed by atoms with Gasteiger partial charge in [-0.15, -0.1) is 0 Å². The predicted octanol–water partition coefficient (Wildman–Crippen LogP) is 5.60. The first-order chi connectivity index (χ1) is 19.4. The largest absolute Gasteiger partial charge is 0.492 e. The van der Waals surface area contributed by atoms with Crippen molar-refractivity contribution in [2.75, 3.05) is 6.61 Å². The van der Waals surface area contributed by atoms with Gasteiger partial charge in [0.05, 0.1) is 34.8 Å². The van der Waals surface area contributed by atoms with Gasteiger partial charge in [0.25, 0.3) is 5.56 Å². The van der Waals surface area contributed by atoms with E-state index < -0.39 is 29.0 Å². The number of pyridine rings is 1. The van der Waals surface area contributed by atoms with Crippen molar-refractivity contribution in [3.63, 3.8) is 0 Å². The summed E-state index contributed by atoms with van der Waals surface area (Å²) in [4.78, 5) is 40.9. The molecular formula is C29H24ClFN4O6. The van der Waals surface area contributed by atoms with Crippen LogP contribution in [0.3, 0.4) is 0 Å². The van der Waals surface area contributed by atoms with Crippen molar-refractivity contribution in [2.24, 2.45) is 0 Å². The third-order valence-electron chi connectivity index (χ3n) is 6.88. The predicted molar refractivity (Wildman–Crippen MR) is 150 cm³/mol. The zero-order chi connectivity index (χ0) is 29.2. The van der Waals surface area contributed by atoms with Crippen molar-refractivity contribution in [2.45, 2.75) is 39.3 Å². The molecule has 4 heterocycles. The zero-order valence-corrected chi connectivity index (χ0v) is 23.0. The van der Waals surface area contributed by atoms with E-state index in [1.807, 2.05) is 0 Å². The van der Waals surface area contributed by atoms with Crippen LogP contribution in [0.4, 0.5) is 9.18 Å². The van der Waals surface area contributed by atoms with Gasteiger partial charge in [-0.2, -0.15) is 9.78 Å². The Labute approximate surface area is 236 Å². The summed E-state index contributed by atoms with van der Waals surface area (Å²) in [6, 6.07) is 7.59. The topological polar surface area (TPSA) is 128 Å². The van der Waals surface area contributed by atoms with Gasteiger partial charge >= 0.3 is 12.1 Å².